The second-order valence-electron chi connectivity index (χ2n) is 12.6. The highest BCUT2D eigenvalue weighted by Crippen LogP contribution is 2.59. The number of benzene rings is 3. The third-order valence-electron chi connectivity index (χ3n) is 7.79. The van der Waals surface area contributed by atoms with Crippen LogP contribution < -0.4 is 24.8 Å². The Hall–Kier alpha value is -4.77. The minimum absolute atomic E-state index is 0.0642. The van der Waals surface area contributed by atoms with E-state index in [-0.39, 0.29) is 29.6 Å². The van der Waals surface area contributed by atoms with Gasteiger partial charge in [-0.15, -0.1) is 0 Å². The van der Waals surface area contributed by atoms with Gasteiger partial charge < -0.3 is 29.6 Å². The number of methoxy groups -OCH3 is 1. The molecule has 1 aliphatic carbocycles. The molecule has 3 aromatic carbocycles. The Morgan fingerprint density at radius 3 is 2.11 bits per heavy atom. The molecule has 0 bridgehead atoms. The largest absolute Gasteiger partial charge is 0.493 e. The van der Waals surface area contributed by atoms with Crippen LogP contribution in [0.4, 0.5) is 20.2 Å². The van der Waals surface area contributed by atoms with E-state index in [1.54, 1.807) is 24.4 Å². The summed E-state index contributed by atoms with van der Waals surface area (Å²) in [6, 6.07) is 14.5. The van der Waals surface area contributed by atoms with Gasteiger partial charge >= 0.3 is 0 Å². The number of hydrogen-bond acceptors (Lipinski definition) is 7. The third kappa shape index (κ3) is 7.37. The zero-order chi connectivity index (χ0) is 33.2. The normalized spacial score (nSPS) is 16.9. The highest BCUT2D eigenvalue weighted by molar-refractivity contribution is 6.04. The maximum absolute atomic E-state index is 15.3. The van der Waals surface area contributed by atoms with Crippen molar-refractivity contribution in [3.63, 3.8) is 0 Å². The van der Waals surface area contributed by atoms with Gasteiger partial charge in [0.25, 0.3) is 0 Å². The second kappa shape index (κ2) is 12.9. The van der Waals surface area contributed by atoms with Gasteiger partial charge in [0.05, 0.1) is 36.7 Å². The first-order chi connectivity index (χ1) is 21.8. The molecule has 11 heteroatoms. The summed E-state index contributed by atoms with van der Waals surface area (Å²) in [6.07, 6.45) is 1.54. The molecule has 1 saturated carbocycles. The van der Waals surface area contributed by atoms with Crippen LogP contribution in [-0.4, -0.2) is 42.7 Å². The lowest BCUT2D eigenvalue weighted by atomic mass is 10.1. The first-order valence-corrected chi connectivity index (χ1v) is 14.8. The zero-order valence-corrected chi connectivity index (χ0v) is 26.6. The lowest BCUT2D eigenvalue weighted by molar-refractivity contribution is -0.122. The van der Waals surface area contributed by atoms with Gasteiger partial charge in [0.15, 0.2) is 23.1 Å². The summed E-state index contributed by atoms with van der Waals surface area (Å²) < 4.78 is 51.6. The SMILES string of the molecule is COc1cc2nccc(Oc3ccc(NC(=O)[C@H]4[C@@H](C(=O)Nc5ccc(F)cc5)C4(C)C)cc3F)c2cc1OCCOC(C)(C)C. The maximum atomic E-state index is 15.3. The number of carbonyl (C=O) groups is 2. The number of rotatable bonds is 11. The van der Waals surface area contributed by atoms with Crippen LogP contribution in [0.25, 0.3) is 10.9 Å². The Bertz CT molecular complexity index is 1750. The predicted octanol–water partition coefficient (Wildman–Crippen LogP) is 7.36. The van der Waals surface area contributed by atoms with Gasteiger partial charge in [-0.25, -0.2) is 8.78 Å². The van der Waals surface area contributed by atoms with Crippen molar-refractivity contribution < 1.29 is 37.3 Å². The van der Waals surface area contributed by atoms with Crippen molar-refractivity contribution in [3.05, 3.63) is 78.5 Å². The lowest BCUT2D eigenvalue weighted by Crippen LogP contribution is -2.22. The molecular weight excluding hydrogens is 596 g/mol. The molecule has 2 N–H and O–H groups in total. The summed E-state index contributed by atoms with van der Waals surface area (Å²) >= 11 is 0. The Balaban J connectivity index is 1.26. The molecule has 9 nitrogen and oxygen atoms in total. The standard InChI is InChI=1S/C35H37F2N3O6/c1-34(2,3)45-16-15-44-29-18-23-25(19-28(29)43-6)38-14-13-26(23)46-27-12-11-22(17-24(27)37)40-33(42)31-30(35(31,4)5)32(41)39-21-9-7-20(36)8-10-21/h7-14,17-19,30-31H,15-16H2,1-6H3,(H,39,41)(H,40,42)/t30-,31+/m0/s1. The van der Waals surface area contributed by atoms with Crippen LogP contribution >= 0.6 is 0 Å². The van der Waals surface area contributed by atoms with Gasteiger partial charge in [0.2, 0.25) is 11.8 Å². The number of fused-ring (bicyclic) bond motifs is 1. The number of halogens is 2. The quantitative estimate of drug-likeness (QED) is 0.166. The minimum atomic E-state index is -0.701. The highest BCUT2D eigenvalue weighted by atomic mass is 19.1. The third-order valence-corrected chi connectivity index (χ3v) is 7.79. The molecular formula is C35H37F2N3O6. The van der Waals surface area contributed by atoms with Crippen LogP contribution in [0.5, 0.6) is 23.0 Å². The number of anilines is 2. The van der Waals surface area contributed by atoms with Crippen LogP contribution in [0.2, 0.25) is 0 Å². The van der Waals surface area contributed by atoms with E-state index in [0.29, 0.717) is 40.4 Å². The fraction of sp³-hybridized carbons (Fsp3) is 0.343. The van der Waals surface area contributed by atoms with E-state index >= 15 is 4.39 Å². The van der Waals surface area contributed by atoms with Gasteiger partial charge in [-0.1, -0.05) is 13.8 Å². The van der Waals surface area contributed by atoms with Crippen LogP contribution in [0, 0.1) is 28.9 Å². The molecule has 1 aliphatic rings. The van der Waals surface area contributed by atoms with Gasteiger partial charge in [0.1, 0.15) is 18.2 Å². The molecule has 0 aliphatic heterocycles. The molecule has 4 aromatic rings. The number of amides is 2. The molecule has 0 unspecified atom stereocenters. The molecule has 0 spiro atoms. The summed E-state index contributed by atoms with van der Waals surface area (Å²) in [4.78, 5) is 30.4. The number of hydrogen-bond donors (Lipinski definition) is 2. The number of carbonyl (C=O) groups excluding carboxylic acids is 2. The van der Waals surface area contributed by atoms with Gasteiger partial charge in [-0.05, 0) is 74.7 Å². The van der Waals surface area contributed by atoms with E-state index in [9.17, 15) is 14.0 Å². The zero-order valence-electron chi connectivity index (χ0n) is 26.6. The van der Waals surface area contributed by atoms with E-state index in [1.165, 1.54) is 43.5 Å². The number of pyridine rings is 1. The number of nitrogens with zero attached hydrogens (tertiary/aromatic N) is 1. The molecule has 0 radical (unpaired) electrons. The van der Waals surface area contributed by atoms with Crippen molar-refractivity contribution in [3.8, 4) is 23.0 Å². The molecule has 2 atom stereocenters. The van der Waals surface area contributed by atoms with E-state index in [4.69, 9.17) is 18.9 Å². The Kier molecular flexibility index (Phi) is 9.16. The minimum Gasteiger partial charge on any atom is -0.493 e. The summed E-state index contributed by atoms with van der Waals surface area (Å²) in [5.74, 6) is -1.91. The Morgan fingerprint density at radius 1 is 0.826 bits per heavy atom. The summed E-state index contributed by atoms with van der Waals surface area (Å²) in [7, 11) is 1.53. The molecule has 5 rings (SSSR count). The van der Waals surface area contributed by atoms with Crippen LogP contribution in [-0.2, 0) is 14.3 Å². The molecule has 2 amide bonds. The molecule has 0 saturated heterocycles. The second-order valence-corrected chi connectivity index (χ2v) is 12.6. The van der Waals surface area contributed by atoms with E-state index in [0.717, 1.165) is 6.07 Å². The first kappa shape index (κ1) is 32.6. The van der Waals surface area contributed by atoms with Crippen LogP contribution in [0.15, 0.2) is 66.9 Å². The summed E-state index contributed by atoms with van der Waals surface area (Å²) in [6.45, 7) is 10.2. The van der Waals surface area contributed by atoms with E-state index < -0.39 is 34.8 Å². The molecule has 1 heterocycles. The van der Waals surface area contributed by atoms with Crippen molar-refractivity contribution in [2.45, 2.75) is 40.2 Å². The van der Waals surface area contributed by atoms with Crippen molar-refractivity contribution in [1.82, 2.24) is 4.98 Å². The van der Waals surface area contributed by atoms with Crippen molar-refractivity contribution in [1.29, 1.82) is 0 Å². The molecule has 1 fully saturated rings. The van der Waals surface area contributed by atoms with E-state index in [2.05, 4.69) is 15.6 Å². The summed E-state index contributed by atoms with van der Waals surface area (Å²) in [5.41, 5.74) is 0.281. The number of aromatic nitrogens is 1. The fourth-order valence-corrected chi connectivity index (χ4v) is 5.36. The van der Waals surface area contributed by atoms with Gasteiger partial charge in [-0.2, -0.15) is 0 Å². The van der Waals surface area contributed by atoms with Crippen LogP contribution in [0.1, 0.15) is 34.6 Å². The van der Waals surface area contributed by atoms with Crippen molar-refractivity contribution >= 4 is 34.1 Å². The molecule has 46 heavy (non-hydrogen) atoms. The van der Waals surface area contributed by atoms with E-state index in [1.807, 2.05) is 34.6 Å². The van der Waals surface area contributed by atoms with Crippen molar-refractivity contribution in [2.75, 3.05) is 31.0 Å². The fourth-order valence-electron chi connectivity index (χ4n) is 5.36. The Labute approximate surface area is 266 Å². The molecule has 1 aromatic heterocycles. The highest BCUT2D eigenvalue weighted by Gasteiger charge is 2.65. The lowest BCUT2D eigenvalue weighted by Gasteiger charge is -2.20. The average molecular weight is 634 g/mol. The van der Waals surface area contributed by atoms with Gasteiger partial charge in [-0.3, -0.25) is 14.6 Å². The smallest absolute Gasteiger partial charge is 0.228 e. The maximum Gasteiger partial charge on any atom is 0.228 e. The number of nitrogens with one attached hydrogen (secondary N) is 2. The topological polar surface area (TPSA) is 108 Å². The Morgan fingerprint density at radius 2 is 1.48 bits per heavy atom. The predicted molar refractivity (Wildman–Crippen MR) is 170 cm³/mol. The summed E-state index contributed by atoms with van der Waals surface area (Å²) in [5, 5.41) is 6.02. The first-order valence-electron chi connectivity index (χ1n) is 14.8. The van der Waals surface area contributed by atoms with Crippen LogP contribution in [0.3, 0.4) is 0 Å². The molecule has 242 valence electrons. The monoisotopic (exact) mass is 633 g/mol. The number of ether oxygens (including phenoxy) is 4. The van der Waals surface area contributed by atoms with Gasteiger partial charge in [0, 0.05) is 35.1 Å². The average Bonchev–Trinajstić information content (AvgIpc) is 3.59. The van der Waals surface area contributed by atoms with Crippen molar-refractivity contribution in [2.24, 2.45) is 17.3 Å².